The molecule has 94 valence electrons. The second kappa shape index (κ2) is 4.86. The second-order valence-corrected chi connectivity index (χ2v) is 4.77. The van der Waals surface area contributed by atoms with Crippen molar-refractivity contribution < 1.29 is 4.79 Å². The van der Waals surface area contributed by atoms with Crippen LogP contribution in [0.5, 0.6) is 0 Å². The Morgan fingerprint density at radius 3 is 2.84 bits per heavy atom. The molecule has 4 heteroatoms. The molecule has 0 fully saturated rings. The minimum absolute atomic E-state index is 0.599. The first-order chi connectivity index (χ1) is 9.26. The summed E-state index contributed by atoms with van der Waals surface area (Å²) in [4.78, 5) is 15.5. The fourth-order valence-electron chi connectivity index (χ4n) is 2.12. The molecule has 0 aliphatic rings. The molecular formula is C15H11ClN2O. The van der Waals surface area contributed by atoms with Gasteiger partial charge >= 0.3 is 0 Å². The van der Waals surface area contributed by atoms with Crippen LogP contribution in [0.3, 0.4) is 0 Å². The van der Waals surface area contributed by atoms with Crippen molar-refractivity contribution in [2.75, 3.05) is 0 Å². The number of aromatic nitrogens is 2. The fraction of sp³-hybridized carbons (Fsp3) is 0.0667. The Hall–Kier alpha value is -2.13. The van der Waals surface area contributed by atoms with Crippen LogP contribution in [0.4, 0.5) is 0 Å². The number of carbonyl (C=O) groups excluding carboxylic acids is 1. The Morgan fingerprint density at radius 2 is 2.05 bits per heavy atom. The van der Waals surface area contributed by atoms with Gasteiger partial charge in [0.25, 0.3) is 0 Å². The smallest absolute Gasteiger partial charge is 0.166 e. The summed E-state index contributed by atoms with van der Waals surface area (Å²) in [5, 5.41) is 0.717. The Morgan fingerprint density at radius 1 is 1.21 bits per heavy atom. The van der Waals surface area contributed by atoms with Gasteiger partial charge in [0, 0.05) is 17.6 Å². The van der Waals surface area contributed by atoms with Gasteiger partial charge in [-0.1, -0.05) is 29.8 Å². The van der Waals surface area contributed by atoms with Crippen LogP contribution in [0.2, 0.25) is 5.02 Å². The average Bonchev–Trinajstić information content (AvgIpc) is 2.80. The summed E-state index contributed by atoms with van der Waals surface area (Å²) in [5.74, 6) is 0. The van der Waals surface area contributed by atoms with Gasteiger partial charge in [0.1, 0.15) is 5.65 Å². The van der Waals surface area contributed by atoms with E-state index in [2.05, 4.69) is 4.98 Å². The molecule has 0 spiro atoms. The van der Waals surface area contributed by atoms with Crippen molar-refractivity contribution in [3.63, 3.8) is 0 Å². The average molecular weight is 271 g/mol. The topological polar surface area (TPSA) is 34.4 Å². The number of halogens is 1. The third-order valence-electron chi connectivity index (χ3n) is 2.97. The molecule has 0 saturated heterocycles. The van der Waals surface area contributed by atoms with E-state index in [1.807, 2.05) is 42.6 Å². The molecule has 3 rings (SSSR count). The quantitative estimate of drug-likeness (QED) is 0.684. The predicted molar refractivity (Wildman–Crippen MR) is 74.8 cm³/mol. The summed E-state index contributed by atoms with van der Waals surface area (Å²) in [5.41, 5.74) is 3.39. The van der Waals surface area contributed by atoms with Gasteiger partial charge in [0.15, 0.2) is 6.29 Å². The molecule has 0 unspecified atom stereocenters. The number of carbonyl (C=O) groups is 1. The minimum Gasteiger partial charge on any atom is -0.297 e. The fourth-order valence-corrected chi connectivity index (χ4v) is 2.33. The molecule has 0 atom stereocenters. The summed E-state index contributed by atoms with van der Waals surface area (Å²) < 4.78 is 1.80. The van der Waals surface area contributed by atoms with Gasteiger partial charge < -0.3 is 0 Å². The Kier molecular flexibility index (Phi) is 3.05. The summed E-state index contributed by atoms with van der Waals surface area (Å²) in [6, 6.07) is 13.2. The van der Waals surface area contributed by atoms with E-state index < -0.39 is 0 Å². The maximum absolute atomic E-state index is 11.0. The molecule has 19 heavy (non-hydrogen) atoms. The molecule has 0 saturated carbocycles. The van der Waals surface area contributed by atoms with E-state index in [0.29, 0.717) is 12.1 Å². The molecule has 0 aliphatic carbocycles. The molecule has 0 aliphatic heterocycles. The number of hydrogen-bond acceptors (Lipinski definition) is 2. The van der Waals surface area contributed by atoms with E-state index >= 15 is 0 Å². The summed E-state index contributed by atoms with van der Waals surface area (Å²) in [6.07, 6.45) is 3.42. The number of nitrogens with zero attached hydrogens (tertiary/aromatic N) is 2. The SMILES string of the molecule is O=Cc1cccc2nc(Cc3cccc(Cl)c3)cn12. The van der Waals surface area contributed by atoms with Gasteiger partial charge in [0.2, 0.25) is 0 Å². The monoisotopic (exact) mass is 270 g/mol. The first-order valence-corrected chi connectivity index (χ1v) is 6.31. The van der Waals surface area contributed by atoms with Crippen LogP contribution < -0.4 is 0 Å². The maximum Gasteiger partial charge on any atom is 0.166 e. The van der Waals surface area contributed by atoms with Gasteiger partial charge in [-0.15, -0.1) is 0 Å². The standard InChI is InChI=1S/C15H11ClN2O/c16-12-4-1-3-11(7-12)8-13-9-18-14(10-19)5-2-6-15(18)17-13/h1-7,9-10H,8H2. The molecule has 0 N–H and O–H groups in total. The lowest BCUT2D eigenvalue weighted by Gasteiger charge is -1.98. The van der Waals surface area contributed by atoms with Crippen molar-refractivity contribution in [2.45, 2.75) is 6.42 Å². The van der Waals surface area contributed by atoms with Crippen LogP contribution in [0.15, 0.2) is 48.7 Å². The van der Waals surface area contributed by atoms with Crippen molar-refractivity contribution in [2.24, 2.45) is 0 Å². The lowest BCUT2D eigenvalue weighted by molar-refractivity contribution is 0.111. The van der Waals surface area contributed by atoms with E-state index in [0.717, 1.165) is 28.2 Å². The zero-order valence-corrected chi connectivity index (χ0v) is 10.8. The number of hydrogen-bond donors (Lipinski definition) is 0. The van der Waals surface area contributed by atoms with Gasteiger partial charge in [-0.3, -0.25) is 9.20 Å². The number of aldehydes is 1. The first-order valence-electron chi connectivity index (χ1n) is 5.93. The van der Waals surface area contributed by atoms with Gasteiger partial charge in [-0.25, -0.2) is 4.98 Å². The number of imidazole rings is 1. The lowest BCUT2D eigenvalue weighted by atomic mass is 10.1. The van der Waals surface area contributed by atoms with Crippen LogP contribution in [-0.2, 0) is 6.42 Å². The third-order valence-corrected chi connectivity index (χ3v) is 3.20. The Bertz CT molecular complexity index is 749. The molecule has 2 heterocycles. The van der Waals surface area contributed by atoms with Gasteiger partial charge in [-0.05, 0) is 29.8 Å². The Labute approximate surface area is 115 Å². The van der Waals surface area contributed by atoms with E-state index in [1.165, 1.54) is 0 Å². The highest BCUT2D eigenvalue weighted by Crippen LogP contribution is 2.15. The van der Waals surface area contributed by atoms with Crippen LogP contribution >= 0.6 is 11.6 Å². The number of rotatable bonds is 3. The minimum atomic E-state index is 0.599. The number of fused-ring (bicyclic) bond motifs is 1. The zero-order valence-electron chi connectivity index (χ0n) is 10.1. The number of pyridine rings is 1. The summed E-state index contributed by atoms with van der Waals surface area (Å²) >= 11 is 5.97. The van der Waals surface area contributed by atoms with Crippen molar-refractivity contribution >= 4 is 23.5 Å². The van der Waals surface area contributed by atoms with Crippen LogP contribution in [0.1, 0.15) is 21.7 Å². The lowest BCUT2D eigenvalue weighted by Crippen LogP contribution is -1.92. The largest absolute Gasteiger partial charge is 0.297 e. The zero-order chi connectivity index (χ0) is 13.2. The molecule has 0 amide bonds. The first kappa shape index (κ1) is 11.9. The van der Waals surface area contributed by atoms with Crippen molar-refractivity contribution in [3.05, 3.63) is 70.6 Å². The van der Waals surface area contributed by atoms with E-state index in [4.69, 9.17) is 11.6 Å². The number of benzene rings is 1. The maximum atomic E-state index is 11.0. The van der Waals surface area contributed by atoms with Gasteiger partial charge in [-0.2, -0.15) is 0 Å². The highest BCUT2D eigenvalue weighted by molar-refractivity contribution is 6.30. The molecule has 2 aromatic heterocycles. The normalized spacial score (nSPS) is 10.8. The van der Waals surface area contributed by atoms with Crippen LogP contribution in [0.25, 0.3) is 5.65 Å². The Balaban J connectivity index is 2.00. The van der Waals surface area contributed by atoms with Gasteiger partial charge in [0.05, 0.1) is 11.4 Å². The summed E-state index contributed by atoms with van der Waals surface area (Å²) in [6.45, 7) is 0. The van der Waals surface area contributed by atoms with Crippen molar-refractivity contribution in [1.29, 1.82) is 0 Å². The summed E-state index contributed by atoms with van der Waals surface area (Å²) in [7, 11) is 0. The molecule has 1 aromatic carbocycles. The highest BCUT2D eigenvalue weighted by Gasteiger charge is 2.05. The second-order valence-electron chi connectivity index (χ2n) is 4.34. The van der Waals surface area contributed by atoms with Crippen LogP contribution in [-0.4, -0.2) is 15.7 Å². The highest BCUT2D eigenvalue weighted by atomic mass is 35.5. The van der Waals surface area contributed by atoms with E-state index in [9.17, 15) is 4.79 Å². The molecule has 0 bridgehead atoms. The molecular weight excluding hydrogens is 260 g/mol. The van der Waals surface area contributed by atoms with Crippen molar-refractivity contribution in [1.82, 2.24) is 9.38 Å². The van der Waals surface area contributed by atoms with E-state index in [1.54, 1.807) is 10.5 Å². The molecule has 0 radical (unpaired) electrons. The predicted octanol–water partition coefficient (Wildman–Crippen LogP) is 3.39. The third kappa shape index (κ3) is 2.37. The molecule has 3 aromatic rings. The van der Waals surface area contributed by atoms with E-state index in [-0.39, 0.29) is 0 Å². The molecule has 3 nitrogen and oxygen atoms in total. The van der Waals surface area contributed by atoms with Crippen LogP contribution in [0, 0.1) is 0 Å². The van der Waals surface area contributed by atoms with Crippen molar-refractivity contribution in [3.8, 4) is 0 Å².